The third-order valence-corrected chi connectivity index (χ3v) is 6.44. The molecule has 0 unspecified atom stereocenters. The summed E-state index contributed by atoms with van der Waals surface area (Å²) in [6.45, 7) is 0.157. The van der Waals surface area contributed by atoms with Crippen molar-refractivity contribution in [2.75, 3.05) is 14.2 Å². The van der Waals surface area contributed by atoms with Gasteiger partial charge in [-0.3, -0.25) is 0 Å². The second-order valence-corrected chi connectivity index (χ2v) is 8.42. The van der Waals surface area contributed by atoms with Gasteiger partial charge in [0, 0.05) is 17.2 Å². The maximum atomic E-state index is 12.7. The summed E-state index contributed by atoms with van der Waals surface area (Å²) in [6, 6.07) is 9.33. The maximum Gasteiger partial charge on any atom is 0.285 e. The zero-order valence-electron chi connectivity index (χ0n) is 14.5. The molecule has 0 atom stereocenters. The largest absolute Gasteiger partial charge is 0.493 e. The Morgan fingerprint density at radius 1 is 1.19 bits per heavy atom. The molecule has 0 saturated carbocycles. The first-order valence-electron chi connectivity index (χ1n) is 7.65. The molecular formula is C18H15ClN2O4S2. The molecule has 0 bridgehead atoms. The highest BCUT2D eigenvalue weighted by atomic mass is 35.5. The first-order chi connectivity index (χ1) is 12.9. The fourth-order valence-corrected chi connectivity index (χ4v) is 4.84. The van der Waals surface area contributed by atoms with E-state index >= 15 is 0 Å². The van der Waals surface area contributed by atoms with Crippen LogP contribution < -0.4 is 14.3 Å². The third-order valence-electron chi connectivity index (χ3n) is 3.75. The lowest BCUT2D eigenvalue weighted by atomic mass is 10.3. The van der Waals surface area contributed by atoms with Gasteiger partial charge in [0.05, 0.1) is 35.9 Å². The predicted molar refractivity (Wildman–Crippen MR) is 106 cm³/mol. The van der Waals surface area contributed by atoms with Crippen molar-refractivity contribution >= 4 is 43.2 Å². The number of nitrogens with zero attached hydrogens (tertiary/aromatic N) is 2. The Bertz CT molecular complexity index is 1200. The van der Waals surface area contributed by atoms with Gasteiger partial charge in [0.15, 0.2) is 11.5 Å². The number of ether oxygens (including phenoxy) is 2. The summed E-state index contributed by atoms with van der Waals surface area (Å²) < 4.78 is 42.4. The van der Waals surface area contributed by atoms with Gasteiger partial charge < -0.3 is 14.0 Å². The van der Waals surface area contributed by atoms with Crippen LogP contribution in [0.15, 0.2) is 45.7 Å². The number of thiazole rings is 1. The molecule has 1 aromatic heterocycles. The Morgan fingerprint density at radius 3 is 2.41 bits per heavy atom. The molecule has 27 heavy (non-hydrogen) atoms. The lowest BCUT2D eigenvalue weighted by Crippen LogP contribution is -2.16. The van der Waals surface area contributed by atoms with Crippen LogP contribution in [0.1, 0.15) is 0 Å². The first kappa shape index (κ1) is 19.3. The fraction of sp³-hybridized carbons (Fsp3) is 0.167. The molecule has 0 aliphatic heterocycles. The van der Waals surface area contributed by atoms with E-state index in [0.717, 1.165) is 4.70 Å². The third kappa shape index (κ3) is 3.81. The van der Waals surface area contributed by atoms with Crippen molar-refractivity contribution in [1.82, 2.24) is 4.57 Å². The molecule has 0 radical (unpaired) electrons. The summed E-state index contributed by atoms with van der Waals surface area (Å²) >= 11 is 7.02. The molecule has 2 aromatic carbocycles. The number of methoxy groups -OCH3 is 2. The van der Waals surface area contributed by atoms with Gasteiger partial charge >= 0.3 is 0 Å². The molecule has 1 heterocycles. The molecule has 0 spiro atoms. The van der Waals surface area contributed by atoms with Gasteiger partial charge in [0.1, 0.15) is 0 Å². The van der Waals surface area contributed by atoms with Crippen molar-refractivity contribution in [3.8, 4) is 23.8 Å². The number of aromatic nitrogens is 1. The molecule has 140 valence electrons. The van der Waals surface area contributed by atoms with Gasteiger partial charge in [0.2, 0.25) is 4.80 Å². The van der Waals surface area contributed by atoms with E-state index in [0.29, 0.717) is 22.0 Å². The van der Waals surface area contributed by atoms with Crippen LogP contribution in [0.25, 0.3) is 10.2 Å². The topological polar surface area (TPSA) is 69.9 Å². The number of rotatable bonds is 5. The van der Waals surface area contributed by atoms with E-state index < -0.39 is 10.0 Å². The minimum atomic E-state index is -3.93. The van der Waals surface area contributed by atoms with Gasteiger partial charge in [-0.05, 0) is 24.3 Å². The van der Waals surface area contributed by atoms with Gasteiger partial charge in [-0.1, -0.05) is 28.9 Å². The van der Waals surface area contributed by atoms with Crippen molar-refractivity contribution < 1.29 is 17.9 Å². The van der Waals surface area contributed by atoms with Gasteiger partial charge in [-0.25, -0.2) is 0 Å². The van der Waals surface area contributed by atoms with Crippen molar-refractivity contribution in [3.05, 3.63) is 46.2 Å². The number of hydrogen-bond donors (Lipinski definition) is 0. The van der Waals surface area contributed by atoms with Crippen LogP contribution in [0, 0.1) is 12.3 Å². The van der Waals surface area contributed by atoms with E-state index in [1.165, 1.54) is 49.8 Å². The normalized spacial score (nSPS) is 12.1. The number of sulfonamides is 1. The molecule has 0 aliphatic rings. The van der Waals surface area contributed by atoms with Crippen LogP contribution in [0.2, 0.25) is 5.02 Å². The van der Waals surface area contributed by atoms with Gasteiger partial charge in [-0.2, -0.15) is 8.42 Å². The smallest absolute Gasteiger partial charge is 0.285 e. The standard InChI is InChI=1S/C18H15ClN2O4S2/c1-4-9-21-14-10-15(24-2)16(25-3)11-17(14)26-18(21)20-27(22,23)13-7-5-12(19)6-8-13/h1,5-8,10-11H,9H2,2-3H3/b20-18-. The summed E-state index contributed by atoms with van der Waals surface area (Å²) in [7, 11) is -0.869. The van der Waals surface area contributed by atoms with Crippen molar-refractivity contribution in [3.63, 3.8) is 0 Å². The van der Waals surface area contributed by atoms with Crippen LogP contribution in [0.3, 0.4) is 0 Å². The Balaban J connectivity index is 2.26. The summed E-state index contributed by atoms with van der Waals surface area (Å²) in [5.41, 5.74) is 0.709. The minimum absolute atomic E-state index is 0.0479. The van der Waals surface area contributed by atoms with Crippen molar-refractivity contribution in [2.24, 2.45) is 4.40 Å². The van der Waals surface area contributed by atoms with Crippen LogP contribution >= 0.6 is 22.9 Å². The van der Waals surface area contributed by atoms with E-state index in [1.807, 2.05) is 0 Å². The SMILES string of the molecule is C#CCn1/c(=N/S(=O)(=O)c2ccc(Cl)cc2)sc2cc(OC)c(OC)cc21. The van der Waals surface area contributed by atoms with E-state index in [-0.39, 0.29) is 16.2 Å². The van der Waals surface area contributed by atoms with Crippen LogP contribution in [-0.2, 0) is 16.6 Å². The maximum absolute atomic E-state index is 12.7. The zero-order chi connectivity index (χ0) is 19.6. The highest BCUT2D eigenvalue weighted by Crippen LogP contribution is 2.33. The van der Waals surface area contributed by atoms with Crippen LogP contribution in [0.5, 0.6) is 11.5 Å². The molecule has 0 aliphatic carbocycles. The number of benzene rings is 2. The van der Waals surface area contributed by atoms with E-state index in [2.05, 4.69) is 10.3 Å². The van der Waals surface area contributed by atoms with E-state index in [9.17, 15) is 8.42 Å². The van der Waals surface area contributed by atoms with Gasteiger partial charge in [-0.15, -0.1) is 10.8 Å². The molecule has 6 nitrogen and oxygen atoms in total. The van der Waals surface area contributed by atoms with Crippen LogP contribution in [0.4, 0.5) is 0 Å². The summed E-state index contributed by atoms with van der Waals surface area (Å²) in [5.74, 6) is 3.58. The van der Waals surface area contributed by atoms with Crippen molar-refractivity contribution in [1.29, 1.82) is 0 Å². The second kappa shape index (κ2) is 7.64. The summed E-state index contributed by atoms with van der Waals surface area (Å²) in [4.78, 5) is 0.306. The Labute approximate surface area is 165 Å². The Hall–Kier alpha value is -2.47. The van der Waals surface area contributed by atoms with E-state index in [1.54, 1.807) is 16.7 Å². The summed E-state index contributed by atoms with van der Waals surface area (Å²) in [5, 5.41) is 0.442. The minimum Gasteiger partial charge on any atom is -0.493 e. The Kier molecular flexibility index (Phi) is 5.46. The predicted octanol–water partition coefficient (Wildman–Crippen LogP) is 3.30. The summed E-state index contributed by atoms with van der Waals surface area (Å²) in [6.07, 6.45) is 5.47. The van der Waals surface area contributed by atoms with Crippen molar-refractivity contribution in [2.45, 2.75) is 11.4 Å². The number of fused-ring (bicyclic) bond motifs is 1. The molecule has 3 aromatic rings. The molecule has 0 saturated heterocycles. The number of terminal acetylenes is 1. The molecule has 9 heteroatoms. The monoisotopic (exact) mass is 422 g/mol. The molecule has 0 N–H and O–H groups in total. The second-order valence-electron chi connectivity index (χ2n) is 5.37. The first-order valence-corrected chi connectivity index (χ1v) is 10.3. The van der Waals surface area contributed by atoms with E-state index in [4.69, 9.17) is 27.5 Å². The lowest BCUT2D eigenvalue weighted by molar-refractivity contribution is 0.355. The quantitative estimate of drug-likeness (QED) is 0.591. The van der Waals surface area contributed by atoms with Crippen LogP contribution in [-0.4, -0.2) is 27.2 Å². The van der Waals surface area contributed by atoms with Gasteiger partial charge in [0.25, 0.3) is 10.0 Å². The molecular weight excluding hydrogens is 408 g/mol. The molecule has 0 amide bonds. The average Bonchev–Trinajstić information content (AvgIpc) is 2.96. The fourth-order valence-electron chi connectivity index (χ4n) is 2.47. The number of halogens is 1. The molecule has 0 fully saturated rings. The number of hydrogen-bond acceptors (Lipinski definition) is 5. The molecule has 3 rings (SSSR count). The zero-order valence-corrected chi connectivity index (χ0v) is 16.9. The highest BCUT2D eigenvalue weighted by molar-refractivity contribution is 7.90. The highest BCUT2D eigenvalue weighted by Gasteiger charge is 2.16. The lowest BCUT2D eigenvalue weighted by Gasteiger charge is -2.08. The Morgan fingerprint density at radius 2 is 1.81 bits per heavy atom. The average molecular weight is 423 g/mol.